The number of anilines is 1. The van der Waals surface area contributed by atoms with Crippen LogP contribution in [0.5, 0.6) is 0 Å². The molecule has 8 nitrogen and oxygen atoms in total. The second-order valence-corrected chi connectivity index (χ2v) is 8.37. The van der Waals surface area contributed by atoms with Crippen LogP contribution in [0.2, 0.25) is 0 Å². The van der Waals surface area contributed by atoms with E-state index in [0.29, 0.717) is 17.0 Å². The van der Waals surface area contributed by atoms with Crippen LogP contribution >= 0.6 is 0 Å². The molecule has 2 heterocycles. The summed E-state index contributed by atoms with van der Waals surface area (Å²) < 4.78 is 44.7. The Balaban J connectivity index is 1.58. The molecule has 0 atom stereocenters. The minimum Gasteiger partial charge on any atom is -0.246 e. The van der Waals surface area contributed by atoms with Crippen molar-refractivity contribution in [2.45, 2.75) is 25.3 Å². The average molecular weight is 426 g/mol. The summed E-state index contributed by atoms with van der Waals surface area (Å²) in [4.78, 5) is 4.09. The quantitative estimate of drug-likeness (QED) is 0.511. The molecule has 0 amide bonds. The summed E-state index contributed by atoms with van der Waals surface area (Å²) in [7, 11) is -3.96. The number of nitrogens with zero attached hydrogens (tertiary/aromatic N) is 5. The molecule has 0 aliphatic rings. The molecule has 0 fully saturated rings. The van der Waals surface area contributed by atoms with Crippen LogP contribution in [-0.2, 0) is 16.6 Å². The minimum absolute atomic E-state index is 0.0716. The van der Waals surface area contributed by atoms with E-state index >= 15 is 0 Å². The van der Waals surface area contributed by atoms with Gasteiger partial charge in [0.25, 0.3) is 16.0 Å². The molecule has 2 aromatic heterocycles. The molecule has 0 saturated carbocycles. The summed E-state index contributed by atoms with van der Waals surface area (Å²) in [6.45, 7) is 3.59. The number of rotatable bonds is 6. The Morgan fingerprint density at radius 1 is 1.03 bits per heavy atom. The molecule has 0 unspecified atom stereocenters. The summed E-state index contributed by atoms with van der Waals surface area (Å²) in [5, 5.41) is 8.51. The SMILES string of the molecule is Cc1nn(-c2ccccc2)c(C)c1S(=O)(=O)Nc1ncn(Cc2cccc(F)c2)n1. The molecule has 1 N–H and O–H groups in total. The van der Waals surface area contributed by atoms with E-state index in [2.05, 4.69) is 19.9 Å². The molecule has 4 aromatic rings. The Morgan fingerprint density at radius 3 is 2.53 bits per heavy atom. The highest BCUT2D eigenvalue weighted by atomic mass is 32.2. The van der Waals surface area contributed by atoms with Crippen molar-refractivity contribution in [1.29, 1.82) is 0 Å². The summed E-state index contributed by atoms with van der Waals surface area (Å²) in [5.41, 5.74) is 2.29. The van der Waals surface area contributed by atoms with Gasteiger partial charge in [-0.1, -0.05) is 30.3 Å². The van der Waals surface area contributed by atoms with Gasteiger partial charge in [-0.05, 0) is 43.7 Å². The molecule has 0 spiro atoms. The third-order valence-electron chi connectivity index (χ3n) is 4.49. The fourth-order valence-electron chi connectivity index (χ4n) is 3.25. The largest absolute Gasteiger partial charge is 0.267 e. The maximum absolute atomic E-state index is 13.3. The molecule has 0 aliphatic carbocycles. The van der Waals surface area contributed by atoms with Crippen LogP contribution in [-0.4, -0.2) is 33.0 Å². The molecule has 154 valence electrons. The summed E-state index contributed by atoms with van der Waals surface area (Å²) in [6, 6.07) is 15.4. The fourth-order valence-corrected chi connectivity index (χ4v) is 4.59. The van der Waals surface area contributed by atoms with Crippen LogP contribution in [0, 0.1) is 19.7 Å². The first-order chi connectivity index (χ1) is 14.3. The van der Waals surface area contributed by atoms with E-state index < -0.39 is 10.0 Å². The van der Waals surface area contributed by atoms with Crippen molar-refractivity contribution >= 4 is 16.0 Å². The van der Waals surface area contributed by atoms with Crippen molar-refractivity contribution in [3.8, 4) is 5.69 Å². The fraction of sp³-hybridized carbons (Fsp3) is 0.150. The Hall–Kier alpha value is -3.53. The number of benzene rings is 2. The lowest BCUT2D eigenvalue weighted by molar-refractivity contribution is 0.599. The number of aryl methyl sites for hydroxylation is 1. The van der Waals surface area contributed by atoms with Gasteiger partial charge in [-0.15, -0.1) is 5.10 Å². The molecule has 0 bridgehead atoms. The average Bonchev–Trinajstić information content (AvgIpc) is 3.25. The zero-order valence-electron chi connectivity index (χ0n) is 16.3. The van der Waals surface area contributed by atoms with E-state index in [1.165, 1.54) is 23.1 Å². The minimum atomic E-state index is -3.96. The maximum atomic E-state index is 13.3. The number of hydrogen-bond donors (Lipinski definition) is 1. The first-order valence-corrected chi connectivity index (χ1v) is 10.6. The van der Waals surface area contributed by atoms with Crippen molar-refractivity contribution < 1.29 is 12.8 Å². The van der Waals surface area contributed by atoms with Crippen LogP contribution < -0.4 is 4.72 Å². The third-order valence-corrected chi connectivity index (χ3v) is 6.07. The van der Waals surface area contributed by atoms with Crippen LogP contribution in [0.3, 0.4) is 0 Å². The first-order valence-electron chi connectivity index (χ1n) is 9.12. The Morgan fingerprint density at radius 2 is 1.80 bits per heavy atom. The van der Waals surface area contributed by atoms with Crippen molar-refractivity contribution in [3.05, 3.63) is 83.7 Å². The molecule has 0 saturated heterocycles. The highest BCUT2D eigenvalue weighted by Crippen LogP contribution is 2.24. The van der Waals surface area contributed by atoms with E-state index in [1.54, 1.807) is 30.7 Å². The molecule has 4 rings (SSSR count). The van der Waals surface area contributed by atoms with Gasteiger partial charge >= 0.3 is 0 Å². The summed E-state index contributed by atoms with van der Waals surface area (Å²) >= 11 is 0. The monoisotopic (exact) mass is 426 g/mol. The molecule has 30 heavy (non-hydrogen) atoms. The standard InChI is InChI=1S/C20H19FN6O2S/c1-14-19(15(2)27(23-14)18-9-4-3-5-10-18)30(28,29)25-20-22-13-26(24-20)12-16-7-6-8-17(21)11-16/h3-11,13H,12H2,1-2H3,(H,24,25). The normalized spacial score (nSPS) is 11.6. The third kappa shape index (κ3) is 3.94. The number of nitrogens with one attached hydrogen (secondary N) is 1. The van der Waals surface area contributed by atoms with E-state index in [-0.39, 0.29) is 23.2 Å². The zero-order chi connectivity index (χ0) is 21.3. The van der Waals surface area contributed by atoms with Gasteiger partial charge in [0.1, 0.15) is 17.0 Å². The Labute approximate surface area is 173 Å². The van der Waals surface area contributed by atoms with Crippen LogP contribution in [0.15, 0.2) is 65.8 Å². The molecular weight excluding hydrogens is 407 g/mol. The predicted octanol–water partition coefficient (Wildman–Crippen LogP) is 3.07. The second-order valence-electron chi connectivity index (χ2n) is 6.75. The lowest BCUT2D eigenvalue weighted by Crippen LogP contribution is -2.16. The van der Waals surface area contributed by atoms with Gasteiger partial charge in [0.2, 0.25) is 0 Å². The number of para-hydroxylation sites is 1. The van der Waals surface area contributed by atoms with E-state index in [4.69, 9.17) is 0 Å². The van der Waals surface area contributed by atoms with Gasteiger partial charge in [0.15, 0.2) is 0 Å². The molecule has 10 heteroatoms. The van der Waals surface area contributed by atoms with Gasteiger partial charge in [-0.3, -0.25) is 0 Å². The molecule has 2 aromatic carbocycles. The van der Waals surface area contributed by atoms with E-state index in [1.807, 2.05) is 30.3 Å². The van der Waals surface area contributed by atoms with Gasteiger partial charge in [-0.25, -0.2) is 26.9 Å². The lowest BCUT2D eigenvalue weighted by atomic mass is 10.2. The maximum Gasteiger partial charge on any atom is 0.267 e. The first kappa shape index (κ1) is 19.8. The number of sulfonamides is 1. The molecular formula is C20H19FN6O2S. The highest BCUT2D eigenvalue weighted by Gasteiger charge is 2.26. The topological polar surface area (TPSA) is 94.7 Å². The van der Waals surface area contributed by atoms with Crippen molar-refractivity contribution in [3.63, 3.8) is 0 Å². The Bertz CT molecular complexity index is 1300. The van der Waals surface area contributed by atoms with Crippen LogP contribution in [0.25, 0.3) is 5.69 Å². The predicted molar refractivity (Wildman–Crippen MR) is 109 cm³/mol. The van der Waals surface area contributed by atoms with Crippen molar-refractivity contribution in [2.75, 3.05) is 4.72 Å². The van der Waals surface area contributed by atoms with Crippen molar-refractivity contribution in [1.82, 2.24) is 24.5 Å². The van der Waals surface area contributed by atoms with Gasteiger partial charge < -0.3 is 0 Å². The molecule has 0 aliphatic heterocycles. The zero-order valence-corrected chi connectivity index (χ0v) is 17.1. The number of hydrogen-bond acceptors (Lipinski definition) is 5. The number of halogens is 1. The van der Waals surface area contributed by atoms with E-state index in [9.17, 15) is 12.8 Å². The second kappa shape index (κ2) is 7.71. The van der Waals surface area contributed by atoms with Crippen molar-refractivity contribution in [2.24, 2.45) is 0 Å². The van der Waals surface area contributed by atoms with Gasteiger partial charge in [0.05, 0.1) is 23.6 Å². The molecule has 0 radical (unpaired) electrons. The number of aromatic nitrogens is 5. The smallest absolute Gasteiger partial charge is 0.246 e. The summed E-state index contributed by atoms with van der Waals surface area (Å²) in [5.74, 6) is -0.424. The van der Waals surface area contributed by atoms with E-state index in [0.717, 1.165) is 5.69 Å². The summed E-state index contributed by atoms with van der Waals surface area (Å²) in [6.07, 6.45) is 1.38. The highest BCUT2D eigenvalue weighted by molar-refractivity contribution is 7.92. The van der Waals surface area contributed by atoms with Gasteiger partial charge in [0, 0.05) is 0 Å². The lowest BCUT2D eigenvalue weighted by Gasteiger charge is -2.07. The van der Waals surface area contributed by atoms with Crippen LogP contribution in [0.1, 0.15) is 17.0 Å². The Kier molecular flexibility index (Phi) is 5.08. The van der Waals surface area contributed by atoms with Crippen LogP contribution in [0.4, 0.5) is 10.3 Å². The van der Waals surface area contributed by atoms with Gasteiger partial charge in [-0.2, -0.15) is 10.1 Å².